The Morgan fingerprint density at radius 3 is 3.00 bits per heavy atom. The van der Waals surface area contributed by atoms with Crippen molar-refractivity contribution in [2.45, 2.75) is 56.9 Å². The minimum absolute atomic E-state index is 0.0721. The Morgan fingerprint density at radius 1 is 1.30 bits per heavy atom. The van der Waals surface area contributed by atoms with Gasteiger partial charge >= 0.3 is 0 Å². The van der Waals surface area contributed by atoms with Crippen molar-refractivity contribution in [3.63, 3.8) is 0 Å². The monoisotopic (exact) mass is 311 g/mol. The fourth-order valence-electron chi connectivity index (χ4n) is 3.62. The molecule has 0 spiro atoms. The maximum atomic E-state index is 12.6. The van der Waals surface area contributed by atoms with Crippen LogP contribution in [0.1, 0.15) is 54.9 Å². The van der Waals surface area contributed by atoms with Crippen LogP contribution in [0.2, 0.25) is 0 Å². The van der Waals surface area contributed by atoms with Crippen LogP contribution < -0.4 is 5.32 Å². The lowest BCUT2D eigenvalue weighted by atomic mass is 9.83. The van der Waals surface area contributed by atoms with Gasteiger partial charge in [-0.1, -0.05) is 12.8 Å². The van der Waals surface area contributed by atoms with Gasteiger partial charge in [0.2, 0.25) is 5.91 Å². The van der Waals surface area contributed by atoms with Gasteiger partial charge in [-0.05, 0) is 55.0 Å². The van der Waals surface area contributed by atoms with Crippen LogP contribution in [-0.4, -0.2) is 17.8 Å². The number of carbonyl (C=O) groups excluding carboxylic acids is 1. The summed E-state index contributed by atoms with van der Waals surface area (Å²) in [5.74, 6) is 1.42. The van der Waals surface area contributed by atoms with Crippen molar-refractivity contribution < 1.29 is 4.79 Å². The van der Waals surface area contributed by atoms with Crippen molar-refractivity contribution in [3.8, 4) is 0 Å². The van der Waals surface area contributed by atoms with E-state index in [0.717, 1.165) is 32.1 Å². The van der Waals surface area contributed by atoms with E-state index in [1.165, 1.54) is 23.3 Å². The third kappa shape index (κ3) is 2.89. The molecule has 2 nitrogen and oxygen atoms in total. The Labute approximate surface area is 129 Å². The van der Waals surface area contributed by atoms with Crippen molar-refractivity contribution >= 4 is 28.8 Å². The largest absolute Gasteiger partial charge is 0.353 e. The van der Waals surface area contributed by atoms with E-state index in [-0.39, 0.29) is 17.9 Å². The summed E-state index contributed by atoms with van der Waals surface area (Å²) in [6.07, 6.45) is 7.98. The van der Waals surface area contributed by atoms with Gasteiger partial charge in [0.05, 0.1) is 5.92 Å². The molecule has 0 aliphatic heterocycles. The average molecular weight is 312 g/mol. The van der Waals surface area contributed by atoms with Gasteiger partial charge in [0.25, 0.3) is 0 Å². The number of fused-ring (bicyclic) bond motifs is 1. The van der Waals surface area contributed by atoms with Crippen molar-refractivity contribution in [2.24, 2.45) is 5.92 Å². The van der Waals surface area contributed by atoms with E-state index in [1.807, 2.05) is 0 Å². The first-order chi connectivity index (χ1) is 9.79. The maximum absolute atomic E-state index is 12.6. The Bertz CT molecular complexity index is 473. The quantitative estimate of drug-likeness (QED) is 0.837. The number of carbonyl (C=O) groups is 1. The average Bonchev–Trinajstić information content (AvgIpc) is 2.96. The molecule has 1 aromatic heterocycles. The highest BCUT2D eigenvalue weighted by Crippen LogP contribution is 2.35. The van der Waals surface area contributed by atoms with Gasteiger partial charge in [0, 0.05) is 16.8 Å². The molecule has 1 N–H and O–H groups in total. The molecule has 1 amide bonds. The van der Waals surface area contributed by atoms with Crippen molar-refractivity contribution in [1.29, 1.82) is 0 Å². The predicted octanol–water partition coefficient (Wildman–Crippen LogP) is 4.08. The molecular weight excluding hydrogens is 290 g/mol. The number of amides is 1. The van der Waals surface area contributed by atoms with Crippen molar-refractivity contribution in [3.05, 3.63) is 21.9 Å². The lowest BCUT2D eigenvalue weighted by molar-refractivity contribution is -0.124. The van der Waals surface area contributed by atoms with Crippen LogP contribution in [0, 0.1) is 5.92 Å². The van der Waals surface area contributed by atoms with Gasteiger partial charge in [-0.2, -0.15) is 0 Å². The zero-order valence-corrected chi connectivity index (χ0v) is 13.3. The number of nitrogens with one attached hydrogen (secondary N) is 1. The van der Waals surface area contributed by atoms with Crippen LogP contribution in [0.3, 0.4) is 0 Å². The first-order valence-corrected chi connectivity index (χ1v) is 9.13. The molecule has 2 aliphatic carbocycles. The molecule has 1 heterocycles. The van der Waals surface area contributed by atoms with E-state index in [1.54, 1.807) is 11.3 Å². The van der Waals surface area contributed by atoms with Gasteiger partial charge in [0.1, 0.15) is 0 Å². The van der Waals surface area contributed by atoms with Crippen LogP contribution in [-0.2, 0) is 11.2 Å². The highest BCUT2D eigenvalue weighted by molar-refractivity contribution is 7.10. The molecule has 1 fully saturated rings. The van der Waals surface area contributed by atoms with E-state index in [4.69, 9.17) is 11.6 Å². The number of hydrogen-bond donors (Lipinski definition) is 1. The van der Waals surface area contributed by atoms with E-state index >= 15 is 0 Å². The zero-order valence-electron chi connectivity index (χ0n) is 11.7. The molecule has 1 aromatic rings. The molecule has 3 atom stereocenters. The number of thiophene rings is 1. The van der Waals surface area contributed by atoms with E-state index in [2.05, 4.69) is 16.8 Å². The van der Waals surface area contributed by atoms with Crippen molar-refractivity contribution in [1.82, 2.24) is 5.32 Å². The second-order valence-electron chi connectivity index (χ2n) is 6.06. The molecule has 3 unspecified atom stereocenters. The normalized spacial score (nSPS) is 29.8. The van der Waals surface area contributed by atoms with Crippen LogP contribution in [0.25, 0.3) is 0 Å². The lowest BCUT2D eigenvalue weighted by Gasteiger charge is -2.32. The molecule has 110 valence electrons. The summed E-state index contributed by atoms with van der Waals surface area (Å²) in [5.41, 5.74) is 1.27. The van der Waals surface area contributed by atoms with E-state index < -0.39 is 0 Å². The Morgan fingerprint density at radius 2 is 2.15 bits per heavy atom. The molecular formula is C16H22ClNOS. The number of aryl methyl sites for hydroxylation is 1. The molecule has 4 heteroatoms. The fourth-order valence-corrected chi connectivity index (χ4v) is 4.98. The van der Waals surface area contributed by atoms with Crippen LogP contribution in [0.15, 0.2) is 11.4 Å². The number of alkyl halides is 1. The molecule has 1 saturated carbocycles. The molecule has 3 rings (SSSR count). The van der Waals surface area contributed by atoms with Gasteiger partial charge in [-0.25, -0.2) is 0 Å². The molecule has 20 heavy (non-hydrogen) atoms. The van der Waals surface area contributed by atoms with Gasteiger partial charge in [0.15, 0.2) is 0 Å². The van der Waals surface area contributed by atoms with E-state index in [0.29, 0.717) is 11.8 Å². The van der Waals surface area contributed by atoms with Crippen LogP contribution in [0.5, 0.6) is 0 Å². The summed E-state index contributed by atoms with van der Waals surface area (Å²) in [7, 11) is 0. The molecule has 2 aliphatic rings. The smallest absolute Gasteiger partial charge is 0.227 e. The minimum Gasteiger partial charge on any atom is -0.353 e. The Balaban J connectivity index is 1.68. The summed E-state index contributed by atoms with van der Waals surface area (Å²) < 4.78 is 0. The zero-order chi connectivity index (χ0) is 13.9. The first-order valence-electron chi connectivity index (χ1n) is 7.72. The van der Waals surface area contributed by atoms with E-state index in [9.17, 15) is 4.79 Å². The van der Waals surface area contributed by atoms with Gasteiger partial charge in [-0.15, -0.1) is 22.9 Å². The van der Waals surface area contributed by atoms with Gasteiger partial charge in [-0.3, -0.25) is 4.79 Å². The second kappa shape index (κ2) is 6.48. The molecule has 0 bridgehead atoms. The fraction of sp³-hybridized carbons (Fsp3) is 0.688. The Kier molecular flexibility index (Phi) is 4.67. The summed E-state index contributed by atoms with van der Waals surface area (Å²) in [5, 5.41) is 5.42. The summed E-state index contributed by atoms with van der Waals surface area (Å²) >= 11 is 7.85. The van der Waals surface area contributed by atoms with Crippen LogP contribution in [0.4, 0.5) is 0 Å². The predicted molar refractivity (Wildman–Crippen MR) is 84.6 cm³/mol. The highest BCUT2D eigenvalue weighted by atomic mass is 35.5. The summed E-state index contributed by atoms with van der Waals surface area (Å²) in [6.45, 7) is 0. The maximum Gasteiger partial charge on any atom is 0.227 e. The minimum atomic E-state index is 0.0721. The number of halogens is 1. The lowest BCUT2D eigenvalue weighted by Crippen LogP contribution is -2.45. The van der Waals surface area contributed by atoms with Crippen LogP contribution >= 0.6 is 22.9 Å². The third-order valence-electron chi connectivity index (χ3n) is 4.80. The van der Waals surface area contributed by atoms with Gasteiger partial charge < -0.3 is 5.32 Å². The second-order valence-corrected chi connectivity index (χ2v) is 7.37. The Hall–Kier alpha value is -0.540. The standard InChI is InChI=1S/C16H22ClNOS/c17-10-11-4-1-2-6-14(11)18-16(19)13-5-3-7-15-12(13)8-9-20-15/h8-9,11,13-14H,1-7,10H2,(H,18,19). The summed E-state index contributed by atoms with van der Waals surface area (Å²) in [6, 6.07) is 2.43. The first kappa shape index (κ1) is 14.4. The summed E-state index contributed by atoms with van der Waals surface area (Å²) in [4.78, 5) is 14.0. The third-order valence-corrected chi connectivity index (χ3v) is 6.20. The number of rotatable bonds is 3. The number of hydrogen-bond acceptors (Lipinski definition) is 2. The van der Waals surface area contributed by atoms with Crippen molar-refractivity contribution in [2.75, 3.05) is 5.88 Å². The molecule has 0 aromatic carbocycles. The topological polar surface area (TPSA) is 29.1 Å². The highest BCUT2D eigenvalue weighted by Gasteiger charge is 2.31. The molecule has 0 saturated heterocycles. The SMILES string of the molecule is O=C(NC1CCCCC1CCl)C1CCCc2sccc21. The molecule has 0 radical (unpaired) electrons.